The summed E-state index contributed by atoms with van der Waals surface area (Å²) in [4.78, 5) is 2.43. The number of rotatable bonds is 7. The van der Waals surface area contributed by atoms with Gasteiger partial charge in [0.1, 0.15) is 18.2 Å². The Morgan fingerprint density at radius 2 is 2.00 bits per heavy atom. The first kappa shape index (κ1) is 16.5. The number of benzene rings is 1. The van der Waals surface area contributed by atoms with Crippen molar-refractivity contribution in [2.24, 2.45) is 5.92 Å². The van der Waals surface area contributed by atoms with Gasteiger partial charge in [-0.1, -0.05) is 13.8 Å². The monoisotopic (exact) mass is 371 g/mol. The summed E-state index contributed by atoms with van der Waals surface area (Å²) in [5.74, 6) is 0.890. The van der Waals surface area contributed by atoms with Crippen LogP contribution in [-0.2, 0) is 13.2 Å². The van der Waals surface area contributed by atoms with Crippen molar-refractivity contribution in [2.75, 3.05) is 6.54 Å². The molecule has 0 radical (unpaired) electrons. The summed E-state index contributed by atoms with van der Waals surface area (Å²) < 4.78 is 19.4. The summed E-state index contributed by atoms with van der Waals surface area (Å²) >= 11 is 4.85. The van der Waals surface area contributed by atoms with Crippen molar-refractivity contribution in [2.45, 2.75) is 27.0 Å². The van der Waals surface area contributed by atoms with Gasteiger partial charge in [0.15, 0.2) is 0 Å². The van der Waals surface area contributed by atoms with E-state index in [1.807, 2.05) is 0 Å². The first-order valence-corrected chi connectivity index (χ1v) is 8.51. The molecule has 0 spiro atoms. The standard InChI is InChI=1S/C16H19BrFNOS/c1-11(2)8-19-9-13-4-5-14(21-13)10-20-12-3-6-15(17)16(18)7-12/h3-7,11,19H,8-10H2,1-2H3. The first-order chi connectivity index (χ1) is 10.0. The van der Waals surface area contributed by atoms with Crippen molar-refractivity contribution >= 4 is 27.3 Å². The topological polar surface area (TPSA) is 21.3 Å². The molecule has 0 aliphatic heterocycles. The third kappa shape index (κ3) is 5.41. The Hall–Kier alpha value is -0.910. The van der Waals surface area contributed by atoms with Crippen molar-refractivity contribution in [3.05, 3.63) is 50.4 Å². The van der Waals surface area contributed by atoms with Gasteiger partial charge < -0.3 is 10.1 Å². The van der Waals surface area contributed by atoms with Crippen LogP contribution >= 0.6 is 27.3 Å². The molecule has 114 valence electrons. The van der Waals surface area contributed by atoms with Gasteiger partial charge in [0, 0.05) is 22.4 Å². The van der Waals surface area contributed by atoms with Crippen LogP contribution in [0.4, 0.5) is 4.39 Å². The molecule has 0 unspecified atom stereocenters. The van der Waals surface area contributed by atoms with Crippen LogP contribution in [0.25, 0.3) is 0 Å². The van der Waals surface area contributed by atoms with Crippen LogP contribution in [0.1, 0.15) is 23.6 Å². The van der Waals surface area contributed by atoms with E-state index in [-0.39, 0.29) is 5.82 Å². The van der Waals surface area contributed by atoms with E-state index in [0.717, 1.165) is 18.0 Å². The third-order valence-corrected chi connectivity index (χ3v) is 4.54. The lowest BCUT2D eigenvalue weighted by Crippen LogP contribution is -2.18. The third-order valence-electron chi connectivity index (χ3n) is 2.84. The molecular formula is C16H19BrFNOS. The van der Waals surface area contributed by atoms with Gasteiger partial charge >= 0.3 is 0 Å². The average Bonchev–Trinajstić information content (AvgIpc) is 2.88. The number of hydrogen-bond donors (Lipinski definition) is 1. The van der Waals surface area contributed by atoms with E-state index in [1.165, 1.54) is 10.9 Å². The van der Waals surface area contributed by atoms with E-state index in [2.05, 4.69) is 47.2 Å². The van der Waals surface area contributed by atoms with Gasteiger partial charge in [-0.05, 0) is 52.7 Å². The van der Waals surface area contributed by atoms with Gasteiger partial charge in [-0.2, -0.15) is 0 Å². The zero-order valence-electron chi connectivity index (χ0n) is 12.2. The van der Waals surface area contributed by atoms with Crippen LogP contribution in [-0.4, -0.2) is 6.54 Å². The molecule has 0 aliphatic rings. The summed E-state index contributed by atoms with van der Waals surface area (Å²) in [6.07, 6.45) is 0. The first-order valence-electron chi connectivity index (χ1n) is 6.90. The Morgan fingerprint density at radius 3 is 2.71 bits per heavy atom. The Balaban J connectivity index is 1.83. The molecule has 0 atom stereocenters. The Bertz CT molecular complexity index is 585. The van der Waals surface area contributed by atoms with Crippen LogP contribution in [0.2, 0.25) is 0 Å². The van der Waals surface area contributed by atoms with E-state index < -0.39 is 0 Å². The number of halogens is 2. The van der Waals surface area contributed by atoms with Crippen molar-refractivity contribution in [3.63, 3.8) is 0 Å². The van der Waals surface area contributed by atoms with Crippen molar-refractivity contribution < 1.29 is 9.13 Å². The summed E-state index contributed by atoms with van der Waals surface area (Å²) in [6.45, 7) is 6.75. The van der Waals surface area contributed by atoms with Gasteiger partial charge in [-0.3, -0.25) is 0 Å². The Morgan fingerprint density at radius 1 is 1.24 bits per heavy atom. The SMILES string of the molecule is CC(C)CNCc1ccc(COc2ccc(Br)c(F)c2)s1. The zero-order chi connectivity index (χ0) is 15.2. The molecule has 2 nitrogen and oxygen atoms in total. The normalized spacial score (nSPS) is 11.1. The van der Waals surface area contributed by atoms with E-state index in [4.69, 9.17) is 4.74 Å². The fourth-order valence-corrected chi connectivity index (χ4v) is 2.95. The second kappa shape index (κ2) is 7.92. The molecule has 0 bridgehead atoms. The predicted octanol–water partition coefficient (Wildman–Crippen LogP) is 4.97. The van der Waals surface area contributed by atoms with Crippen LogP contribution in [0, 0.1) is 11.7 Å². The highest BCUT2D eigenvalue weighted by atomic mass is 79.9. The smallest absolute Gasteiger partial charge is 0.141 e. The van der Waals surface area contributed by atoms with Gasteiger partial charge in [0.2, 0.25) is 0 Å². The van der Waals surface area contributed by atoms with E-state index in [1.54, 1.807) is 23.5 Å². The molecule has 1 aromatic heterocycles. The molecular weight excluding hydrogens is 353 g/mol. The summed E-state index contributed by atoms with van der Waals surface area (Å²) in [6, 6.07) is 8.97. The lowest BCUT2D eigenvalue weighted by atomic mass is 10.2. The van der Waals surface area contributed by atoms with Gasteiger partial charge in [-0.25, -0.2) is 4.39 Å². The second-order valence-electron chi connectivity index (χ2n) is 5.26. The molecule has 0 fully saturated rings. The number of hydrogen-bond acceptors (Lipinski definition) is 3. The lowest BCUT2D eigenvalue weighted by Gasteiger charge is -2.06. The average molecular weight is 372 g/mol. The van der Waals surface area contributed by atoms with Gasteiger partial charge in [-0.15, -0.1) is 11.3 Å². The predicted molar refractivity (Wildman–Crippen MR) is 89.3 cm³/mol. The molecule has 5 heteroatoms. The van der Waals surface area contributed by atoms with Crippen molar-refractivity contribution in [1.82, 2.24) is 5.32 Å². The van der Waals surface area contributed by atoms with E-state index in [0.29, 0.717) is 22.7 Å². The quantitative estimate of drug-likeness (QED) is 0.741. The minimum absolute atomic E-state index is 0.308. The molecule has 0 saturated carbocycles. The minimum Gasteiger partial charge on any atom is -0.488 e. The number of thiophene rings is 1. The van der Waals surface area contributed by atoms with Gasteiger partial charge in [0.05, 0.1) is 4.47 Å². The molecule has 0 amide bonds. The fourth-order valence-electron chi connectivity index (χ4n) is 1.80. The number of ether oxygens (including phenoxy) is 1. The minimum atomic E-state index is -0.308. The second-order valence-corrected chi connectivity index (χ2v) is 7.36. The Kier molecular flexibility index (Phi) is 6.21. The summed E-state index contributed by atoms with van der Waals surface area (Å²) in [5, 5.41) is 3.42. The summed E-state index contributed by atoms with van der Waals surface area (Å²) in [5.41, 5.74) is 0. The molecule has 2 rings (SSSR count). The zero-order valence-corrected chi connectivity index (χ0v) is 14.6. The van der Waals surface area contributed by atoms with Crippen molar-refractivity contribution in [1.29, 1.82) is 0 Å². The molecule has 1 N–H and O–H groups in total. The molecule has 0 saturated heterocycles. The van der Waals surface area contributed by atoms with E-state index >= 15 is 0 Å². The largest absolute Gasteiger partial charge is 0.488 e. The number of nitrogens with one attached hydrogen (secondary N) is 1. The maximum absolute atomic E-state index is 13.4. The van der Waals surface area contributed by atoms with Gasteiger partial charge in [0.25, 0.3) is 0 Å². The molecule has 1 aromatic carbocycles. The molecule has 0 aliphatic carbocycles. The van der Waals surface area contributed by atoms with Crippen LogP contribution in [0.15, 0.2) is 34.8 Å². The molecule has 1 heterocycles. The van der Waals surface area contributed by atoms with Crippen LogP contribution < -0.4 is 10.1 Å². The van der Waals surface area contributed by atoms with Crippen molar-refractivity contribution in [3.8, 4) is 5.75 Å². The highest BCUT2D eigenvalue weighted by molar-refractivity contribution is 9.10. The fraction of sp³-hybridized carbons (Fsp3) is 0.375. The van der Waals surface area contributed by atoms with E-state index in [9.17, 15) is 4.39 Å². The molecule has 21 heavy (non-hydrogen) atoms. The maximum atomic E-state index is 13.4. The Labute approximate surface area is 137 Å². The molecule has 2 aromatic rings. The van der Waals surface area contributed by atoms with Crippen LogP contribution in [0.3, 0.4) is 0 Å². The van der Waals surface area contributed by atoms with Crippen LogP contribution in [0.5, 0.6) is 5.75 Å². The highest BCUT2D eigenvalue weighted by Gasteiger charge is 2.04. The maximum Gasteiger partial charge on any atom is 0.141 e. The highest BCUT2D eigenvalue weighted by Crippen LogP contribution is 2.23. The lowest BCUT2D eigenvalue weighted by molar-refractivity contribution is 0.308. The summed E-state index contributed by atoms with van der Waals surface area (Å²) in [7, 11) is 0.